The maximum atomic E-state index is 12.9. The second kappa shape index (κ2) is 7.86. The van der Waals surface area contributed by atoms with Crippen molar-refractivity contribution in [3.05, 3.63) is 58.7 Å². The molecule has 1 aliphatic rings. The van der Waals surface area contributed by atoms with Gasteiger partial charge in [0.05, 0.1) is 21.8 Å². The number of ether oxygens (including phenoxy) is 1. The molecule has 0 amide bonds. The van der Waals surface area contributed by atoms with Crippen LogP contribution in [0.25, 0.3) is 5.69 Å². The Bertz CT molecular complexity index is 1230. The van der Waals surface area contributed by atoms with Gasteiger partial charge in [-0.25, -0.2) is 8.42 Å². The number of hydrogen-bond acceptors (Lipinski definition) is 5. The quantitative estimate of drug-likeness (QED) is 0.446. The number of aromatic nitrogens is 2. The fourth-order valence-electron chi connectivity index (χ4n) is 3.32. The van der Waals surface area contributed by atoms with Crippen molar-refractivity contribution in [1.29, 1.82) is 0 Å². The number of fused-ring (bicyclic) bond motifs is 2. The third kappa shape index (κ3) is 3.51. The Morgan fingerprint density at radius 3 is 2.47 bits per heavy atom. The predicted molar refractivity (Wildman–Crippen MR) is 117 cm³/mol. The fourth-order valence-corrected chi connectivity index (χ4v) is 4.92. The normalized spacial score (nSPS) is 13.0. The molecule has 0 unspecified atom stereocenters. The molecule has 0 fully saturated rings. The zero-order valence-electron chi connectivity index (χ0n) is 16.8. The van der Waals surface area contributed by atoms with Gasteiger partial charge in [-0.3, -0.25) is 4.99 Å². The first-order valence-corrected chi connectivity index (χ1v) is 11.4. The molecule has 7 nitrogen and oxygen atoms in total. The standard InChI is InChI=1S/C21H21ClN4O3S/c1-4-25(5-2)30(27,28)17-10-11-20-19(12-17)23-13-18-14(3)24-26(21(18)29-20)16-8-6-15(22)7-9-16/h6-13H,4-5H2,1-3H3. The van der Waals surface area contributed by atoms with Gasteiger partial charge in [0, 0.05) is 24.3 Å². The van der Waals surface area contributed by atoms with Crippen molar-refractivity contribution in [2.75, 3.05) is 13.1 Å². The van der Waals surface area contributed by atoms with E-state index in [1.165, 1.54) is 4.31 Å². The van der Waals surface area contributed by atoms with Crippen LogP contribution in [0.5, 0.6) is 11.6 Å². The fraction of sp³-hybridized carbons (Fsp3) is 0.238. The summed E-state index contributed by atoms with van der Waals surface area (Å²) in [6.07, 6.45) is 1.66. The number of nitrogens with zero attached hydrogens (tertiary/aromatic N) is 4. The lowest BCUT2D eigenvalue weighted by molar-refractivity contribution is 0.442. The number of sulfonamides is 1. The van der Waals surface area contributed by atoms with Crippen molar-refractivity contribution in [1.82, 2.24) is 14.1 Å². The van der Waals surface area contributed by atoms with Crippen molar-refractivity contribution in [3.8, 4) is 17.3 Å². The molecule has 0 saturated heterocycles. The first-order chi connectivity index (χ1) is 14.3. The van der Waals surface area contributed by atoms with Crippen LogP contribution in [0.4, 0.5) is 5.69 Å². The summed E-state index contributed by atoms with van der Waals surface area (Å²) in [5.41, 5.74) is 2.71. The number of hydrogen-bond donors (Lipinski definition) is 0. The maximum absolute atomic E-state index is 12.9. The largest absolute Gasteiger partial charge is 0.436 e. The molecule has 0 saturated carbocycles. The van der Waals surface area contributed by atoms with Crippen LogP contribution in [0.1, 0.15) is 25.1 Å². The van der Waals surface area contributed by atoms with E-state index in [0.717, 1.165) is 16.9 Å². The summed E-state index contributed by atoms with van der Waals surface area (Å²) >= 11 is 6.00. The summed E-state index contributed by atoms with van der Waals surface area (Å²) < 4.78 is 35.0. The summed E-state index contributed by atoms with van der Waals surface area (Å²) in [7, 11) is -3.59. The van der Waals surface area contributed by atoms with Crippen LogP contribution in [0.2, 0.25) is 5.02 Å². The van der Waals surface area contributed by atoms with Crippen LogP contribution >= 0.6 is 11.6 Å². The zero-order valence-corrected chi connectivity index (χ0v) is 18.4. The number of aryl methyl sites for hydroxylation is 1. The van der Waals surface area contributed by atoms with Crippen LogP contribution in [0.3, 0.4) is 0 Å². The first-order valence-electron chi connectivity index (χ1n) is 9.56. The van der Waals surface area contributed by atoms with Gasteiger partial charge < -0.3 is 4.74 Å². The summed E-state index contributed by atoms with van der Waals surface area (Å²) in [4.78, 5) is 4.68. The van der Waals surface area contributed by atoms with Gasteiger partial charge in [0.25, 0.3) is 0 Å². The predicted octanol–water partition coefficient (Wildman–Crippen LogP) is 4.72. The molecule has 0 aliphatic carbocycles. The van der Waals surface area contributed by atoms with E-state index in [1.54, 1.807) is 41.2 Å². The van der Waals surface area contributed by atoms with Crippen LogP contribution in [-0.4, -0.2) is 41.8 Å². The minimum absolute atomic E-state index is 0.188. The van der Waals surface area contributed by atoms with E-state index < -0.39 is 10.0 Å². The monoisotopic (exact) mass is 444 g/mol. The lowest BCUT2D eigenvalue weighted by Gasteiger charge is -2.19. The lowest BCUT2D eigenvalue weighted by atomic mass is 10.2. The van der Waals surface area contributed by atoms with E-state index in [2.05, 4.69) is 10.1 Å². The minimum Gasteiger partial charge on any atom is -0.436 e. The zero-order chi connectivity index (χ0) is 21.5. The molecule has 0 spiro atoms. The summed E-state index contributed by atoms with van der Waals surface area (Å²) in [6.45, 7) is 6.29. The smallest absolute Gasteiger partial charge is 0.243 e. The van der Waals surface area contributed by atoms with E-state index >= 15 is 0 Å². The molecule has 1 aliphatic heterocycles. The van der Waals surface area contributed by atoms with Gasteiger partial charge in [-0.2, -0.15) is 14.1 Å². The molecule has 1 aromatic heterocycles. The van der Waals surface area contributed by atoms with E-state index in [9.17, 15) is 8.42 Å². The molecular formula is C21H21ClN4O3S. The Kier molecular flexibility index (Phi) is 5.40. The van der Waals surface area contributed by atoms with Crippen molar-refractivity contribution in [3.63, 3.8) is 0 Å². The van der Waals surface area contributed by atoms with Crippen LogP contribution in [-0.2, 0) is 10.0 Å². The van der Waals surface area contributed by atoms with Crippen LogP contribution in [0.15, 0.2) is 52.4 Å². The summed E-state index contributed by atoms with van der Waals surface area (Å²) in [5, 5.41) is 5.19. The van der Waals surface area contributed by atoms with E-state index in [4.69, 9.17) is 16.3 Å². The second-order valence-electron chi connectivity index (χ2n) is 6.77. The first kappa shape index (κ1) is 20.6. The molecule has 2 aromatic carbocycles. The Morgan fingerprint density at radius 2 is 1.80 bits per heavy atom. The molecule has 30 heavy (non-hydrogen) atoms. The highest BCUT2D eigenvalue weighted by atomic mass is 35.5. The SMILES string of the molecule is CCN(CC)S(=O)(=O)c1ccc2c(c1)N=Cc1c(C)nn(-c3ccc(Cl)cc3)c1O2. The van der Waals surface area contributed by atoms with Crippen LogP contribution < -0.4 is 4.74 Å². The Labute approximate surface area is 180 Å². The van der Waals surface area contributed by atoms with E-state index in [1.807, 2.05) is 32.9 Å². The molecule has 2 heterocycles. The molecule has 156 valence electrons. The second-order valence-corrected chi connectivity index (χ2v) is 9.15. The van der Waals surface area contributed by atoms with E-state index in [-0.39, 0.29) is 4.90 Å². The highest BCUT2D eigenvalue weighted by Crippen LogP contribution is 2.39. The van der Waals surface area contributed by atoms with Gasteiger partial charge in [0.1, 0.15) is 5.69 Å². The van der Waals surface area contributed by atoms with Crippen molar-refractivity contribution < 1.29 is 13.2 Å². The van der Waals surface area contributed by atoms with Crippen molar-refractivity contribution in [2.45, 2.75) is 25.7 Å². The molecule has 0 radical (unpaired) electrons. The molecule has 0 atom stereocenters. The molecule has 9 heteroatoms. The highest BCUT2D eigenvalue weighted by Gasteiger charge is 2.25. The third-order valence-electron chi connectivity index (χ3n) is 4.95. The lowest BCUT2D eigenvalue weighted by Crippen LogP contribution is -2.30. The van der Waals surface area contributed by atoms with Gasteiger partial charge in [-0.1, -0.05) is 25.4 Å². The average molecular weight is 445 g/mol. The Morgan fingerprint density at radius 1 is 1.10 bits per heavy atom. The molecule has 0 N–H and O–H groups in total. The maximum Gasteiger partial charge on any atom is 0.243 e. The van der Waals surface area contributed by atoms with Crippen molar-refractivity contribution in [2.24, 2.45) is 4.99 Å². The summed E-state index contributed by atoms with van der Waals surface area (Å²) in [5.74, 6) is 0.968. The number of aliphatic imine (C=N–C) groups is 1. The summed E-state index contributed by atoms with van der Waals surface area (Å²) in [6, 6.07) is 12.0. The topological polar surface area (TPSA) is 76.8 Å². The molecular weight excluding hydrogens is 424 g/mol. The van der Waals surface area contributed by atoms with Gasteiger partial charge in [-0.15, -0.1) is 0 Å². The number of halogens is 1. The van der Waals surface area contributed by atoms with Gasteiger partial charge in [-0.05, 0) is 49.4 Å². The number of rotatable bonds is 5. The van der Waals surface area contributed by atoms with E-state index in [0.29, 0.717) is 35.4 Å². The van der Waals surface area contributed by atoms with Gasteiger partial charge in [0.2, 0.25) is 15.9 Å². The average Bonchev–Trinajstić information content (AvgIpc) is 2.91. The molecule has 0 bridgehead atoms. The van der Waals surface area contributed by atoms with Crippen molar-refractivity contribution >= 4 is 33.5 Å². The molecule has 4 rings (SSSR count). The highest BCUT2D eigenvalue weighted by molar-refractivity contribution is 7.89. The Balaban J connectivity index is 1.78. The Hall–Kier alpha value is -2.68. The van der Waals surface area contributed by atoms with Gasteiger partial charge in [0.15, 0.2) is 5.75 Å². The van der Waals surface area contributed by atoms with Gasteiger partial charge >= 0.3 is 0 Å². The number of benzene rings is 2. The molecule has 3 aromatic rings. The minimum atomic E-state index is -3.59. The van der Waals surface area contributed by atoms with Crippen LogP contribution in [0, 0.1) is 6.92 Å². The third-order valence-corrected chi connectivity index (χ3v) is 7.24.